The fraction of sp³-hybridized carbons (Fsp3) is 0.389. The van der Waals surface area contributed by atoms with E-state index in [9.17, 15) is 9.59 Å². The van der Waals surface area contributed by atoms with Crippen molar-refractivity contribution in [3.63, 3.8) is 0 Å². The number of carboxylic acids is 1. The molecular formula is C18H21N3O3. The zero-order chi connectivity index (χ0) is 17.3. The third-order valence-corrected chi connectivity index (χ3v) is 4.63. The van der Waals surface area contributed by atoms with Crippen molar-refractivity contribution in [3.05, 3.63) is 52.8 Å². The van der Waals surface area contributed by atoms with Crippen molar-refractivity contribution in [1.29, 1.82) is 0 Å². The van der Waals surface area contributed by atoms with Crippen LogP contribution in [0, 0.1) is 6.92 Å². The molecule has 0 radical (unpaired) electrons. The van der Waals surface area contributed by atoms with Crippen LogP contribution in [0.3, 0.4) is 0 Å². The summed E-state index contributed by atoms with van der Waals surface area (Å²) in [7, 11) is 1.94. The van der Waals surface area contributed by atoms with E-state index in [4.69, 9.17) is 5.11 Å². The Morgan fingerprint density at radius 1 is 1.17 bits per heavy atom. The number of carboxylic acid groups (broad SMARTS) is 1. The second-order valence-corrected chi connectivity index (χ2v) is 6.34. The third kappa shape index (κ3) is 3.18. The molecule has 1 aromatic heterocycles. The van der Waals surface area contributed by atoms with Crippen molar-refractivity contribution >= 4 is 11.9 Å². The van der Waals surface area contributed by atoms with Crippen LogP contribution in [-0.2, 0) is 7.05 Å². The fourth-order valence-electron chi connectivity index (χ4n) is 3.38. The van der Waals surface area contributed by atoms with E-state index < -0.39 is 5.97 Å². The van der Waals surface area contributed by atoms with Gasteiger partial charge in [0.1, 0.15) is 0 Å². The van der Waals surface area contributed by atoms with Gasteiger partial charge >= 0.3 is 5.97 Å². The van der Waals surface area contributed by atoms with Gasteiger partial charge in [-0.2, -0.15) is 5.10 Å². The summed E-state index contributed by atoms with van der Waals surface area (Å²) in [4.78, 5) is 25.7. The molecule has 1 aliphatic rings. The molecular weight excluding hydrogens is 306 g/mol. The van der Waals surface area contributed by atoms with Crippen molar-refractivity contribution in [2.45, 2.75) is 25.7 Å². The van der Waals surface area contributed by atoms with Gasteiger partial charge in [-0.05, 0) is 49.6 Å². The fourth-order valence-corrected chi connectivity index (χ4v) is 3.38. The second kappa shape index (κ2) is 6.47. The van der Waals surface area contributed by atoms with E-state index in [1.807, 2.05) is 22.7 Å². The molecule has 1 saturated heterocycles. The minimum atomic E-state index is -1.01. The van der Waals surface area contributed by atoms with Crippen molar-refractivity contribution in [3.8, 4) is 0 Å². The third-order valence-electron chi connectivity index (χ3n) is 4.63. The van der Waals surface area contributed by atoms with Gasteiger partial charge in [0.25, 0.3) is 5.91 Å². The number of nitrogens with zero attached hydrogens (tertiary/aromatic N) is 3. The standard InChI is InChI=1S/C18H21N3O3/c1-12-9-14(11-15(10-12)18(23)24)17(22)21-7-4-13(5-8-21)16-3-6-19-20(16)2/h3,6,9-11,13H,4-5,7-8H2,1-2H3,(H,23,24). The molecule has 2 aromatic rings. The number of hydrogen-bond acceptors (Lipinski definition) is 3. The lowest BCUT2D eigenvalue weighted by Crippen LogP contribution is -2.38. The van der Waals surface area contributed by atoms with E-state index in [2.05, 4.69) is 5.10 Å². The average molecular weight is 327 g/mol. The maximum Gasteiger partial charge on any atom is 0.335 e. The van der Waals surface area contributed by atoms with Gasteiger partial charge in [0.2, 0.25) is 0 Å². The Morgan fingerprint density at radius 3 is 2.42 bits per heavy atom. The lowest BCUT2D eigenvalue weighted by atomic mass is 9.93. The Balaban J connectivity index is 1.71. The molecule has 1 fully saturated rings. The summed E-state index contributed by atoms with van der Waals surface area (Å²) in [5.74, 6) is -0.694. The molecule has 0 saturated carbocycles. The minimum Gasteiger partial charge on any atom is -0.478 e. The summed E-state index contributed by atoms with van der Waals surface area (Å²) < 4.78 is 1.89. The molecule has 0 aliphatic carbocycles. The van der Waals surface area contributed by atoms with Crippen LogP contribution in [0.15, 0.2) is 30.5 Å². The molecule has 1 N–H and O–H groups in total. The normalized spacial score (nSPS) is 15.5. The second-order valence-electron chi connectivity index (χ2n) is 6.34. The molecule has 126 valence electrons. The number of aryl methyl sites for hydroxylation is 2. The number of carbonyl (C=O) groups excluding carboxylic acids is 1. The van der Waals surface area contributed by atoms with Crippen LogP contribution in [0.2, 0.25) is 0 Å². The van der Waals surface area contributed by atoms with Crippen LogP contribution in [0.5, 0.6) is 0 Å². The summed E-state index contributed by atoms with van der Waals surface area (Å²) in [5, 5.41) is 13.4. The molecule has 3 rings (SSSR count). The maximum atomic E-state index is 12.7. The van der Waals surface area contributed by atoms with Gasteiger partial charge in [0.15, 0.2) is 0 Å². The Morgan fingerprint density at radius 2 is 1.83 bits per heavy atom. The van der Waals surface area contributed by atoms with Crippen molar-refractivity contribution in [2.24, 2.45) is 7.05 Å². The van der Waals surface area contributed by atoms with Gasteiger partial charge in [-0.1, -0.05) is 0 Å². The molecule has 0 spiro atoms. The molecule has 6 heteroatoms. The Hall–Kier alpha value is -2.63. The van der Waals surface area contributed by atoms with Crippen LogP contribution in [0.1, 0.15) is 50.7 Å². The first-order valence-electron chi connectivity index (χ1n) is 8.08. The van der Waals surface area contributed by atoms with Gasteiger partial charge in [-0.3, -0.25) is 9.48 Å². The van der Waals surface area contributed by atoms with E-state index in [-0.39, 0.29) is 11.5 Å². The highest BCUT2D eigenvalue weighted by molar-refractivity contribution is 5.97. The quantitative estimate of drug-likeness (QED) is 0.939. The number of hydrogen-bond donors (Lipinski definition) is 1. The molecule has 0 atom stereocenters. The predicted molar refractivity (Wildman–Crippen MR) is 89.2 cm³/mol. The maximum absolute atomic E-state index is 12.7. The zero-order valence-corrected chi connectivity index (χ0v) is 13.9. The van der Waals surface area contributed by atoms with E-state index >= 15 is 0 Å². The van der Waals surface area contributed by atoms with Crippen LogP contribution in [0.25, 0.3) is 0 Å². The van der Waals surface area contributed by atoms with Gasteiger partial charge in [-0.25, -0.2) is 4.79 Å². The summed E-state index contributed by atoms with van der Waals surface area (Å²) in [6, 6.07) is 6.82. The van der Waals surface area contributed by atoms with E-state index in [0.717, 1.165) is 18.4 Å². The Labute approximate surface area is 140 Å². The first kappa shape index (κ1) is 16.2. The Bertz CT molecular complexity index is 774. The first-order chi connectivity index (χ1) is 11.5. The molecule has 24 heavy (non-hydrogen) atoms. The van der Waals surface area contributed by atoms with Gasteiger partial charge in [-0.15, -0.1) is 0 Å². The highest BCUT2D eigenvalue weighted by Gasteiger charge is 2.26. The number of likely N-dealkylation sites (tertiary alicyclic amines) is 1. The van der Waals surface area contributed by atoms with E-state index in [1.165, 1.54) is 11.8 Å². The monoisotopic (exact) mass is 327 g/mol. The molecule has 0 bridgehead atoms. The highest BCUT2D eigenvalue weighted by atomic mass is 16.4. The number of aromatic carboxylic acids is 1. The van der Waals surface area contributed by atoms with Crippen LogP contribution >= 0.6 is 0 Å². The predicted octanol–water partition coefficient (Wildman–Crippen LogP) is 2.45. The summed E-state index contributed by atoms with van der Waals surface area (Å²) >= 11 is 0. The smallest absolute Gasteiger partial charge is 0.335 e. The molecule has 1 amide bonds. The van der Waals surface area contributed by atoms with Gasteiger partial charge in [0, 0.05) is 43.5 Å². The van der Waals surface area contributed by atoms with Gasteiger partial charge in [0.05, 0.1) is 5.56 Å². The van der Waals surface area contributed by atoms with Crippen LogP contribution in [0.4, 0.5) is 0 Å². The van der Waals surface area contributed by atoms with E-state index in [0.29, 0.717) is 24.6 Å². The lowest BCUT2D eigenvalue weighted by molar-refractivity contribution is 0.0696. The van der Waals surface area contributed by atoms with Crippen molar-refractivity contribution < 1.29 is 14.7 Å². The summed E-state index contributed by atoms with van der Waals surface area (Å²) in [6.45, 7) is 3.15. The SMILES string of the molecule is Cc1cc(C(=O)O)cc(C(=O)N2CCC(c3ccnn3C)CC2)c1. The number of carbonyl (C=O) groups is 2. The summed E-state index contributed by atoms with van der Waals surface area (Å²) in [6.07, 6.45) is 3.58. The number of aromatic nitrogens is 2. The minimum absolute atomic E-state index is 0.0929. The molecule has 6 nitrogen and oxygen atoms in total. The zero-order valence-electron chi connectivity index (χ0n) is 13.9. The average Bonchev–Trinajstić information content (AvgIpc) is 2.99. The van der Waals surface area contributed by atoms with Gasteiger partial charge < -0.3 is 10.0 Å². The Kier molecular flexibility index (Phi) is 4.38. The molecule has 2 heterocycles. The van der Waals surface area contributed by atoms with E-state index in [1.54, 1.807) is 25.3 Å². The van der Waals surface area contributed by atoms with Crippen LogP contribution < -0.4 is 0 Å². The number of benzene rings is 1. The molecule has 0 unspecified atom stereocenters. The largest absolute Gasteiger partial charge is 0.478 e. The molecule has 1 aromatic carbocycles. The topological polar surface area (TPSA) is 75.4 Å². The number of piperidine rings is 1. The highest BCUT2D eigenvalue weighted by Crippen LogP contribution is 2.28. The summed E-state index contributed by atoms with van der Waals surface area (Å²) in [5.41, 5.74) is 2.59. The van der Waals surface area contributed by atoms with Crippen molar-refractivity contribution in [1.82, 2.24) is 14.7 Å². The molecule has 1 aliphatic heterocycles. The van der Waals surface area contributed by atoms with Crippen molar-refractivity contribution in [2.75, 3.05) is 13.1 Å². The number of amides is 1. The number of rotatable bonds is 3. The lowest BCUT2D eigenvalue weighted by Gasteiger charge is -2.32. The van der Waals surface area contributed by atoms with Crippen LogP contribution in [-0.4, -0.2) is 44.8 Å². The first-order valence-corrected chi connectivity index (χ1v) is 8.08.